The number of pyridine rings is 1. The smallest absolute Gasteiger partial charge is 0.222 e. The van der Waals surface area contributed by atoms with E-state index in [0.717, 1.165) is 42.2 Å². The maximum atomic E-state index is 12.7. The van der Waals surface area contributed by atoms with E-state index in [1.165, 1.54) is 0 Å². The van der Waals surface area contributed by atoms with Crippen molar-refractivity contribution in [3.8, 4) is 5.75 Å². The molecule has 3 heterocycles. The van der Waals surface area contributed by atoms with Crippen molar-refractivity contribution in [1.29, 1.82) is 0 Å². The molecule has 7 heteroatoms. The molecule has 0 saturated carbocycles. The van der Waals surface area contributed by atoms with Gasteiger partial charge in [-0.2, -0.15) is 0 Å². The molecule has 1 aliphatic rings. The normalized spacial score (nSPS) is 16.9. The largest absolute Gasteiger partial charge is 0.493 e. The van der Waals surface area contributed by atoms with Gasteiger partial charge in [0.05, 0.1) is 6.61 Å². The predicted octanol–water partition coefficient (Wildman–Crippen LogP) is 4.26. The number of halogens is 1. The number of rotatable bonds is 6. The van der Waals surface area contributed by atoms with E-state index in [-0.39, 0.29) is 11.8 Å². The minimum Gasteiger partial charge on any atom is -0.493 e. The Morgan fingerprint density at radius 3 is 3.03 bits per heavy atom. The van der Waals surface area contributed by atoms with Crippen molar-refractivity contribution in [3.63, 3.8) is 0 Å². The molecule has 2 aromatic heterocycles. The molecule has 1 atom stereocenters. The summed E-state index contributed by atoms with van der Waals surface area (Å²) in [6, 6.07) is 11.5. The van der Waals surface area contributed by atoms with Crippen LogP contribution in [0.1, 0.15) is 43.0 Å². The topological polar surface area (TPSA) is 59.7 Å². The van der Waals surface area contributed by atoms with Gasteiger partial charge in [0.1, 0.15) is 11.6 Å². The van der Waals surface area contributed by atoms with Gasteiger partial charge in [0.25, 0.3) is 0 Å². The number of carbonyl (C=O) groups excluding carboxylic acids is 1. The molecule has 0 aliphatic carbocycles. The highest BCUT2D eigenvalue weighted by Crippen LogP contribution is 2.27. The Morgan fingerprint density at radius 2 is 2.17 bits per heavy atom. The molecule has 0 N–H and O–H groups in total. The summed E-state index contributed by atoms with van der Waals surface area (Å²) in [7, 11) is 0. The number of fused-ring (bicyclic) bond motifs is 1. The van der Waals surface area contributed by atoms with Gasteiger partial charge in [-0.3, -0.25) is 9.20 Å². The second-order valence-corrected chi connectivity index (χ2v) is 7.96. The Hall–Kier alpha value is -2.60. The maximum absolute atomic E-state index is 12.7. The lowest BCUT2D eigenvalue weighted by atomic mass is 9.97. The Balaban J connectivity index is 1.29. The zero-order valence-electron chi connectivity index (χ0n) is 16.6. The summed E-state index contributed by atoms with van der Waals surface area (Å²) in [5.74, 6) is 2.16. The Bertz CT molecular complexity index is 1000. The van der Waals surface area contributed by atoms with Crippen LogP contribution in [0.4, 0.5) is 0 Å². The van der Waals surface area contributed by atoms with Gasteiger partial charge in [-0.1, -0.05) is 17.7 Å². The molecule has 6 nitrogen and oxygen atoms in total. The van der Waals surface area contributed by atoms with Crippen LogP contribution in [0.25, 0.3) is 5.65 Å². The van der Waals surface area contributed by atoms with E-state index in [1.807, 2.05) is 58.8 Å². The van der Waals surface area contributed by atoms with Crippen molar-refractivity contribution in [2.45, 2.75) is 38.5 Å². The Kier molecular flexibility index (Phi) is 6.00. The second kappa shape index (κ2) is 8.82. The number of hydrogen-bond donors (Lipinski definition) is 0. The van der Waals surface area contributed by atoms with Crippen LogP contribution in [0.2, 0.25) is 5.02 Å². The lowest BCUT2D eigenvalue weighted by Crippen LogP contribution is -2.39. The van der Waals surface area contributed by atoms with Crippen LogP contribution in [0, 0.1) is 6.92 Å². The minimum absolute atomic E-state index is 0.181. The third-order valence-electron chi connectivity index (χ3n) is 5.41. The molecule has 0 unspecified atom stereocenters. The van der Waals surface area contributed by atoms with E-state index in [0.29, 0.717) is 31.0 Å². The van der Waals surface area contributed by atoms with Crippen LogP contribution in [0.5, 0.6) is 5.75 Å². The van der Waals surface area contributed by atoms with Crippen molar-refractivity contribution >= 4 is 23.2 Å². The molecule has 4 rings (SSSR count). The van der Waals surface area contributed by atoms with Gasteiger partial charge >= 0.3 is 0 Å². The number of nitrogens with zero attached hydrogens (tertiary/aromatic N) is 4. The minimum atomic E-state index is 0.181. The van der Waals surface area contributed by atoms with Gasteiger partial charge in [-0.05, 0) is 62.1 Å². The van der Waals surface area contributed by atoms with Crippen molar-refractivity contribution in [3.05, 3.63) is 59.0 Å². The van der Waals surface area contributed by atoms with E-state index in [2.05, 4.69) is 10.2 Å². The molecule has 1 saturated heterocycles. The first kappa shape index (κ1) is 19.7. The monoisotopic (exact) mass is 412 g/mol. The molecule has 0 spiro atoms. The van der Waals surface area contributed by atoms with E-state index < -0.39 is 0 Å². The number of likely N-dealkylation sites (tertiary alicyclic amines) is 1. The summed E-state index contributed by atoms with van der Waals surface area (Å²) in [5, 5.41) is 9.33. The summed E-state index contributed by atoms with van der Waals surface area (Å²) in [6.07, 6.45) is 5.18. The van der Waals surface area contributed by atoms with Crippen molar-refractivity contribution in [1.82, 2.24) is 19.5 Å². The Labute approximate surface area is 175 Å². The van der Waals surface area contributed by atoms with Gasteiger partial charge in [-0.25, -0.2) is 0 Å². The highest BCUT2D eigenvalue weighted by Gasteiger charge is 2.27. The van der Waals surface area contributed by atoms with Gasteiger partial charge in [0.15, 0.2) is 5.65 Å². The van der Waals surface area contributed by atoms with E-state index in [1.54, 1.807) is 0 Å². The molecule has 0 radical (unpaired) electrons. The number of aromatic nitrogens is 3. The molecule has 152 valence electrons. The van der Waals surface area contributed by atoms with Crippen molar-refractivity contribution < 1.29 is 9.53 Å². The van der Waals surface area contributed by atoms with Crippen LogP contribution in [-0.4, -0.2) is 45.1 Å². The second-order valence-electron chi connectivity index (χ2n) is 7.53. The lowest BCUT2D eigenvalue weighted by Gasteiger charge is -2.32. The third kappa shape index (κ3) is 4.53. The molecule has 1 aliphatic heterocycles. The third-order valence-corrected chi connectivity index (χ3v) is 5.64. The predicted molar refractivity (Wildman–Crippen MR) is 112 cm³/mol. The summed E-state index contributed by atoms with van der Waals surface area (Å²) >= 11 is 5.97. The quantitative estimate of drug-likeness (QED) is 0.567. The molecule has 3 aromatic rings. The number of benzene rings is 1. The highest BCUT2D eigenvalue weighted by molar-refractivity contribution is 6.30. The van der Waals surface area contributed by atoms with Crippen LogP contribution in [0.15, 0.2) is 42.6 Å². The number of ether oxygens (including phenoxy) is 1. The molecule has 0 bridgehead atoms. The highest BCUT2D eigenvalue weighted by atomic mass is 35.5. The standard InChI is InChI=1S/C22H25ClN4O2/c1-16-14-18(23)9-10-19(16)29-13-5-8-21(28)26-11-4-6-17(15-26)22-25-24-20-7-2-3-12-27(20)22/h2-3,7,9-10,12,14,17H,4-6,8,11,13,15H2,1H3/t17-/m1/s1. The number of carbonyl (C=O) groups is 1. The van der Waals surface area contributed by atoms with E-state index in [9.17, 15) is 4.79 Å². The zero-order valence-corrected chi connectivity index (χ0v) is 17.3. The van der Waals surface area contributed by atoms with Crippen molar-refractivity contribution in [2.75, 3.05) is 19.7 Å². The average Bonchev–Trinajstić information content (AvgIpc) is 3.16. The molecular weight excluding hydrogens is 388 g/mol. The summed E-state index contributed by atoms with van der Waals surface area (Å²) in [4.78, 5) is 14.7. The van der Waals surface area contributed by atoms with Crippen LogP contribution in [0.3, 0.4) is 0 Å². The van der Waals surface area contributed by atoms with Crippen LogP contribution >= 0.6 is 11.6 Å². The molecule has 1 amide bonds. The molecule has 1 fully saturated rings. The van der Waals surface area contributed by atoms with Gasteiger partial charge in [-0.15, -0.1) is 10.2 Å². The lowest BCUT2D eigenvalue weighted by molar-refractivity contribution is -0.132. The summed E-state index contributed by atoms with van der Waals surface area (Å²) in [5.41, 5.74) is 1.85. The summed E-state index contributed by atoms with van der Waals surface area (Å²) < 4.78 is 7.84. The van der Waals surface area contributed by atoms with E-state index >= 15 is 0 Å². The van der Waals surface area contributed by atoms with Crippen LogP contribution in [-0.2, 0) is 4.79 Å². The molecule has 29 heavy (non-hydrogen) atoms. The zero-order chi connectivity index (χ0) is 20.2. The fraction of sp³-hybridized carbons (Fsp3) is 0.409. The van der Waals surface area contributed by atoms with E-state index in [4.69, 9.17) is 16.3 Å². The number of piperidine rings is 1. The fourth-order valence-corrected chi connectivity index (χ4v) is 4.12. The van der Waals surface area contributed by atoms with Crippen LogP contribution < -0.4 is 4.74 Å². The maximum Gasteiger partial charge on any atom is 0.222 e. The SMILES string of the molecule is Cc1cc(Cl)ccc1OCCCC(=O)N1CCC[C@@H](c2nnc3ccccn23)C1. The first-order valence-electron chi connectivity index (χ1n) is 10.1. The fourth-order valence-electron chi connectivity index (χ4n) is 3.89. The van der Waals surface area contributed by atoms with Gasteiger partial charge < -0.3 is 9.64 Å². The first-order chi connectivity index (χ1) is 14.1. The van der Waals surface area contributed by atoms with Crippen molar-refractivity contribution in [2.24, 2.45) is 0 Å². The average molecular weight is 413 g/mol. The number of amides is 1. The van der Waals surface area contributed by atoms with Gasteiger partial charge in [0.2, 0.25) is 5.91 Å². The van der Waals surface area contributed by atoms with Gasteiger partial charge in [0, 0.05) is 36.6 Å². The number of hydrogen-bond acceptors (Lipinski definition) is 4. The number of aryl methyl sites for hydroxylation is 1. The summed E-state index contributed by atoms with van der Waals surface area (Å²) in [6.45, 7) is 3.99. The molecular formula is C22H25ClN4O2. The Morgan fingerprint density at radius 1 is 1.28 bits per heavy atom. The first-order valence-corrected chi connectivity index (χ1v) is 10.5. The molecule has 1 aromatic carbocycles.